The summed E-state index contributed by atoms with van der Waals surface area (Å²) in [4.78, 5) is 11.3. The summed E-state index contributed by atoms with van der Waals surface area (Å²) in [6.07, 6.45) is 8.52. The third kappa shape index (κ3) is 4.49. The Bertz CT molecular complexity index is 475. The molecule has 1 N–H and O–H groups in total. The van der Waals surface area contributed by atoms with Crippen molar-refractivity contribution in [1.29, 1.82) is 0 Å². The van der Waals surface area contributed by atoms with E-state index in [2.05, 4.69) is 0 Å². The number of aliphatic carboxylic acids is 1. The minimum absolute atomic E-state index is 0.0372. The molecule has 1 aromatic rings. The molecule has 122 valence electrons. The molecule has 1 aliphatic rings. The van der Waals surface area contributed by atoms with Gasteiger partial charge in [0.25, 0.3) is 0 Å². The predicted octanol–water partition coefficient (Wildman–Crippen LogP) is 5.00. The van der Waals surface area contributed by atoms with Gasteiger partial charge in [-0.1, -0.05) is 38.8 Å². The van der Waals surface area contributed by atoms with Crippen molar-refractivity contribution in [3.63, 3.8) is 0 Å². The van der Waals surface area contributed by atoms with E-state index < -0.39 is 5.97 Å². The first-order valence-corrected chi connectivity index (χ1v) is 8.61. The second kappa shape index (κ2) is 8.21. The van der Waals surface area contributed by atoms with Crippen LogP contribution in [0, 0.1) is 5.92 Å². The van der Waals surface area contributed by atoms with Crippen LogP contribution in [-0.2, 0) is 4.79 Å². The van der Waals surface area contributed by atoms with Crippen LogP contribution in [-0.4, -0.2) is 17.2 Å². The largest absolute Gasteiger partial charge is 0.490 e. The number of carbonyl (C=O) groups is 1. The first kappa shape index (κ1) is 16.9. The Labute approximate surface area is 133 Å². The number of benzene rings is 1. The standard InChI is InChI=1S/C19H28O3/c1-3-18(14(2)19(20)21)15-9-8-12-17(13-15)22-16-10-6-4-5-7-11-16/h8-9,12-14,16,18H,3-7,10-11H2,1-2H3,(H,20,21)/t14-,18-/m1/s1. The van der Waals surface area contributed by atoms with E-state index in [1.54, 1.807) is 6.92 Å². The van der Waals surface area contributed by atoms with E-state index in [9.17, 15) is 9.90 Å². The Morgan fingerprint density at radius 2 is 1.95 bits per heavy atom. The third-order valence-electron chi connectivity index (χ3n) is 4.82. The summed E-state index contributed by atoms with van der Waals surface area (Å²) in [5.74, 6) is -0.185. The van der Waals surface area contributed by atoms with Crippen LogP contribution in [0.2, 0.25) is 0 Å². The Morgan fingerprint density at radius 3 is 2.55 bits per heavy atom. The minimum atomic E-state index is -0.734. The molecule has 0 bridgehead atoms. The fourth-order valence-corrected chi connectivity index (χ4v) is 3.42. The maximum Gasteiger partial charge on any atom is 0.306 e. The van der Waals surface area contributed by atoms with Gasteiger partial charge >= 0.3 is 5.97 Å². The molecule has 0 aliphatic heterocycles. The molecular formula is C19H28O3. The lowest BCUT2D eigenvalue weighted by atomic mass is 9.85. The van der Waals surface area contributed by atoms with Crippen molar-refractivity contribution >= 4 is 5.97 Å². The Morgan fingerprint density at radius 1 is 1.27 bits per heavy atom. The summed E-state index contributed by atoms with van der Waals surface area (Å²) >= 11 is 0. The van der Waals surface area contributed by atoms with Crippen molar-refractivity contribution in [3.05, 3.63) is 29.8 Å². The zero-order valence-corrected chi connectivity index (χ0v) is 13.8. The summed E-state index contributed by atoms with van der Waals surface area (Å²) in [5, 5.41) is 9.28. The number of carboxylic acids is 1. The summed E-state index contributed by atoms with van der Waals surface area (Å²) in [7, 11) is 0. The highest BCUT2D eigenvalue weighted by Crippen LogP contribution is 2.31. The average molecular weight is 304 g/mol. The van der Waals surface area contributed by atoms with Gasteiger partial charge in [0.05, 0.1) is 12.0 Å². The molecule has 1 aliphatic carbocycles. The molecule has 0 unspecified atom stereocenters. The lowest BCUT2D eigenvalue weighted by molar-refractivity contribution is -0.141. The van der Waals surface area contributed by atoms with Gasteiger partial charge in [0, 0.05) is 0 Å². The summed E-state index contributed by atoms with van der Waals surface area (Å²) in [5.41, 5.74) is 1.07. The summed E-state index contributed by atoms with van der Waals surface area (Å²) in [6, 6.07) is 8.04. The summed E-state index contributed by atoms with van der Waals surface area (Å²) in [6.45, 7) is 3.83. The minimum Gasteiger partial charge on any atom is -0.490 e. The number of rotatable bonds is 6. The van der Waals surface area contributed by atoms with Gasteiger partial charge in [0.2, 0.25) is 0 Å². The fourth-order valence-electron chi connectivity index (χ4n) is 3.42. The predicted molar refractivity (Wildman–Crippen MR) is 88.4 cm³/mol. The fraction of sp³-hybridized carbons (Fsp3) is 0.632. The lowest BCUT2D eigenvalue weighted by Gasteiger charge is -2.22. The van der Waals surface area contributed by atoms with Crippen LogP contribution in [0.3, 0.4) is 0 Å². The lowest BCUT2D eigenvalue weighted by Crippen LogP contribution is -2.19. The molecule has 0 amide bonds. The normalized spacial score (nSPS) is 19.2. The average Bonchev–Trinajstić information content (AvgIpc) is 2.77. The molecule has 22 heavy (non-hydrogen) atoms. The maximum absolute atomic E-state index is 11.3. The SMILES string of the molecule is CC[C@@H](c1cccc(OC2CCCCCC2)c1)[C@@H](C)C(=O)O. The van der Waals surface area contributed by atoms with Crippen molar-refractivity contribution in [1.82, 2.24) is 0 Å². The molecule has 0 radical (unpaired) electrons. The highest BCUT2D eigenvalue weighted by molar-refractivity contribution is 5.71. The topological polar surface area (TPSA) is 46.5 Å². The van der Waals surface area contributed by atoms with E-state index in [-0.39, 0.29) is 11.8 Å². The quantitative estimate of drug-likeness (QED) is 0.752. The second-order valence-electron chi connectivity index (χ2n) is 6.45. The first-order valence-electron chi connectivity index (χ1n) is 8.61. The molecule has 3 heteroatoms. The molecule has 0 aromatic heterocycles. The van der Waals surface area contributed by atoms with Crippen LogP contribution in [0.25, 0.3) is 0 Å². The van der Waals surface area contributed by atoms with E-state index in [0.29, 0.717) is 6.10 Å². The van der Waals surface area contributed by atoms with Gasteiger partial charge in [-0.25, -0.2) is 0 Å². The van der Waals surface area contributed by atoms with Gasteiger partial charge in [-0.2, -0.15) is 0 Å². The van der Waals surface area contributed by atoms with Crippen LogP contribution in [0.4, 0.5) is 0 Å². The Balaban J connectivity index is 2.09. The van der Waals surface area contributed by atoms with E-state index in [0.717, 1.165) is 30.6 Å². The molecule has 2 rings (SSSR count). The van der Waals surface area contributed by atoms with E-state index in [1.807, 2.05) is 31.2 Å². The van der Waals surface area contributed by atoms with E-state index >= 15 is 0 Å². The molecule has 1 saturated carbocycles. The zero-order valence-electron chi connectivity index (χ0n) is 13.8. The van der Waals surface area contributed by atoms with Crippen LogP contribution in [0.1, 0.15) is 70.3 Å². The molecule has 0 spiro atoms. The number of ether oxygens (including phenoxy) is 1. The summed E-state index contributed by atoms with van der Waals surface area (Å²) < 4.78 is 6.16. The highest BCUT2D eigenvalue weighted by Gasteiger charge is 2.24. The molecular weight excluding hydrogens is 276 g/mol. The third-order valence-corrected chi connectivity index (χ3v) is 4.82. The molecule has 0 saturated heterocycles. The molecule has 0 heterocycles. The second-order valence-corrected chi connectivity index (χ2v) is 6.45. The molecule has 2 atom stereocenters. The monoisotopic (exact) mass is 304 g/mol. The van der Waals surface area contributed by atoms with E-state index in [1.165, 1.54) is 25.7 Å². The number of hydrogen-bond acceptors (Lipinski definition) is 2. The van der Waals surface area contributed by atoms with Crippen LogP contribution >= 0.6 is 0 Å². The first-order chi connectivity index (χ1) is 10.6. The van der Waals surface area contributed by atoms with Crippen molar-refractivity contribution in [3.8, 4) is 5.75 Å². The molecule has 1 fully saturated rings. The molecule has 3 nitrogen and oxygen atoms in total. The number of carboxylic acid groups (broad SMARTS) is 1. The Kier molecular flexibility index (Phi) is 6.29. The van der Waals surface area contributed by atoms with Gasteiger partial charge in [0.15, 0.2) is 0 Å². The van der Waals surface area contributed by atoms with Gasteiger partial charge in [-0.05, 0) is 55.7 Å². The van der Waals surface area contributed by atoms with Crippen LogP contribution in [0.5, 0.6) is 5.75 Å². The Hall–Kier alpha value is -1.51. The van der Waals surface area contributed by atoms with Gasteiger partial charge in [-0.3, -0.25) is 4.79 Å². The van der Waals surface area contributed by atoms with Gasteiger partial charge in [-0.15, -0.1) is 0 Å². The van der Waals surface area contributed by atoms with Crippen molar-refractivity contribution in [2.24, 2.45) is 5.92 Å². The van der Waals surface area contributed by atoms with E-state index in [4.69, 9.17) is 4.74 Å². The van der Waals surface area contributed by atoms with Crippen LogP contribution in [0.15, 0.2) is 24.3 Å². The maximum atomic E-state index is 11.3. The van der Waals surface area contributed by atoms with Gasteiger partial charge < -0.3 is 9.84 Å². The van der Waals surface area contributed by atoms with Gasteiger partial charge in [0.1, 0.15) is 5.75 Å². The van der Waals surface area contributed by atoms with Crippen LogP contribution < -0.4 is 4.74 Å². The number of hydrogen-bond donors (Lipinski definition) is 1. The zero-order chi connectivity index (χ0) is 15.9. The highest BCUT2D eigenvalue weighted by atomic mass is 16.5. The molecule has 1 aromatic carbocycles. The smallest absolute Gasteiger partial charge is 0.306 e. The van der Waals surface area contributed by atoms with Crippen molar-refractivity contribution < 1.29 is 14.6 Å². The van der Waals surface area contributed by atoms with Crippen molar-refractivity contribution in [2.75, 3.05) is 0 Å². The van der Waals surface area contributed by atoms with Crippen molar-refractivity contribution in [2.45, 2.75) is 70.8 Å².